The fraction of sp³-hybridized carbons (Fsp3) is 0.412. The summed E-state index contributed by atoms with van der Waals surface area (Å²) in [4.78, 5) is 23.2. The average Bonchev–Trinajstić information content (AvgIpc) is 2.42. The lowest BCUT2D eigenvalue weighted by Crippen LogP contribution is -2.39. The molecule has 0 aliphatic rings. The molecule has 1 rings (SSSR count). The number of rotatable bonds is 5. The smallest absolute Gasteiger partial charge is 0.408 e. The number of hydrogen-bond donors (Lipinski definition) is 1. The van der Waals surface area contributed by atoms with E-state index in [2.05, 4.69) is 10.1 Å². The van der Waals surface area contributed by atoms with Gasteiger partial charge in [-0.1, -0.05) is 29.8 Å². The minimum atomic E-state index is -0.600. The van der Waals surface area contributed by atoms with Gasteiger partial charge in [-0.05, 0) is 44.9 Å². The molecule has 0 aliphatic carbocycles. The topological polar surface area (TPSA) is 64.6 Å². The van der Waals surface area contributed by atoms with Crippen molar-refractivity contribution in [2.24, 2.45) is 0 Å². The van der Waals surface area contributed by atoms with Crippen LogP contribution in [-0.2, 0) is 20.7 Å². The molecule has 0 spiro atoms. The van der Waals surface area contributed by atoms with E-state index in [1.807, 2.05) is 12.1 Å². The van der Waals surface area contributed by atoms with Crippen molar-refractivity contribution in [1.29, 1.82) is 0 Å². The summed E-state index contributed by atoms with van der Waals surface area (Å²) >= 11 is 5.97. The molecule has 0 heterocycles. The Balaban J connectivity index is 2.82. The van der Waals surface area contributed by atoms with Crippen LogP contribution in [0.3, 0.4) is 0 Å². The lowest BCUT2D eigenvalue weighted by Gasteiger charge is -2.22. The Morgan fingerprint density at radius 1 is 1.35 bits per heavy atom. The zero-order chi connectivity index (χ0) is 17.5. The fourth-order valence-corrected chi connectivity index (χ4v) is 2.02. The summed E-state index contributed by atoms with van der Waals surface area (Å²) in [6.07, 6.45) is 2.75. The third kappa shape index (κ3) is 8.26. The van der Waals surface area contributed by atoms with Gasteiger partial charge in [-0.3, -0.25) is 0 Å². The molecule has 1 N–H and O–H groups in total. The van der Waals surface area contributed by atoms with Crippen LogP contribution in [0, 0.1) is 0 Å². The second-order valence-corrected chi connectivity index (χ2v) is 6.41. The van der Waals surface area contributed by atoms with Crippen LogP contribution in [0.25, 0.3) is 0 Å². The van der Waals surface area contributed by atoms with Crippen molar-refractivity contribution in [3.63, 3.8) is 0 Å². The minimum Gasteiger partial charge on any atom is -0.466 e. The molecule has 0 saturated heterocycles. The molecule has 23 heavy (non-hydrogen) atoms. The second kappa shape index (κ2) is 8.58. The first kappa shape index (κ1) is 19.0. The summed E-state index contributed by atoms with van der Waals surface area (Å²) in [5.41, 5.74) is 0.324. The third-order valence-corrected chi connectivity index (χ3v) is 2.95. The highest BCUT2D eigenvalue weighted by atomic mass is 35.5. The maximum absolute atomic E-state index is 11.9. The number of halogens is 1. The van der Waals surface area contributed by atoms with E-state index in [-0.39, 0.29) is 0 Å². The minimum absolute atomic E-state index is 0.428. The number of amides is 1. The number of nitrogens with one attached hydrogen (secondary N) is 1. The zero-order valence-corrected chi connectivity index (χ0v) is 14.5. The number of alkyl carbamates (subject to hydrolysis) is 1. The van der Waals surface area contributed by atoms with E-state index in [1.54, 1.807) is 39.0 Å². The Labute approximate surface area is 141 Å². The van der Waals surface area contributed by atoms with Gasteiger partial charge in [0.05, 0.1) is 13.2 Å². The predicted octanol–water partition coefficient (Wildman–Crippen LogP) is 3.51. The van der Waals surface area contributed by atoms with Crippen LogP contribution in [-0.4, -0.2) is 30.8 Å². The van der Waals surface area contributed by atoms with E-state index in [1.165, 1.54) is 13.2 Å². The van der Waals surface area contributed by atoms with Crippen molar-refractivity contribution in [3.8, 4) is 0 Å². The first-order valence-corrected chi connectivity index (χ1v) is 7.57. The number of ether oxygens (including phenoxy) is 2. The molecule has 0 aliphatic heterocycles. The van der Waals surface area contributed by atoms with Crippen LogP contribution in [0.15, 0.2) is 36.4 Å². The van der Waals surface area contributed by atoms with Crippen LogP contribution in [0.5, 0.6) is 0 Å². The van der Waals surface area contributed by atoms with Crippen LogP contribution in [0.2, 0.25) is 5.02 Å². The molecule has 1 amide bonds. The molecule has 1 aromatic carbocycles. The van der Waals surface area contributed by atoms with Gasteiger partial charge in [0, 0.05) is 11.1 Å². The van der Waals surface area contributed by atoms with E-state index in [4.69, 9.17) is 16.3 Å². The number of methoxy groups -OCH3 is 1. The molecular weight excluding hydrogens is 318 g/mol. The van der Waals surface area contributed by atoms with Gasteiger partial charge in [0.2, 0.25) is 0 Å². The first-order valence-electron chi connectivity index (χ1n) is 7.20. The number of hydrogen-bond acceptors (Lipinski definition) is 4. The van der Waals surface area contributed by atoms with Crippen molar-refractivity contribution in [2.45, 2.75) is 38.8 Å². The fourth-order valence-electron chi connectivity index (χ4n) is 1.81. The molecule has 5 nitrogen and oxygen atoms in total. The monoisotopic (exact) mass is 339 g/mol. The van der Waals surface area contributed by atoms with Crippen molar-refractivity contribution in [2.75, 3.05) is 7.11 Å². The van der Waals surface area contributed by atoms with E-state index >= 15 is 0 Å². The van der Waals surface area contributed by atoms with E-state index in [0.717, 1.165) is 5.56 Å². The molecule has 126 valence electrons. The molecule has 0 aromatic heterocycles. The van der Waals surface area contributed by atoms with Crippen LogP contribution in [0.1, 0.15) is 26.3 Å². The van der Waals surface area contributed by atoms with Gasteiger partial charge in [-0.25, -0.2) is 9.59 Å². The molecular formula is C17H22ClNO4. The highest BCUT2D eigenvalue weighted by Crippen LogP contribution is 2.13. The van der Waals surface area contributed by atoms with Gasteiger partial charge in [0.1, 0.15) is 5.60 Å². The van der Waals surface area contributed by atoms with Crippen molar-refractivity contribution in [3.05, 3.63) is 47.0 Å². The number of carbonyl (C=O) groups excluding carboxylic acids is 2. The zero-order valence-electron chi connectivity index (χ0n) is 13.8. The molecule has 0 saturated carbocycles. The SMILES string of the molecule is COC(=O)C=CC(Cc1cccc(Cl)c1)NC(=O)OC(C)(C)C. The second-order valence-electron chi connectivity index (χ2n) is 5.97. The third-order valence-electron chi connectivity index (χ3n) is 2.71. The van der Waals surface area contributed by atoms with Crippen LogP contribution >= 0.6 is 11.6 Å². The van der Waals surface area contributed by atoms with E-state index < -0.39 is 23.7 Å². The summed E-state index contributed by atoms with van der Waals surface area (Å²) < 4.78 is 9.80. The van der Waals surface area contributed by atoms with Gasteiger partial charge in [0.15, 0.2) is 0 Å². The predicted molar refractivity (Wildman–Crippen MR) is 89.5 cm³/mol. The lowest BCUT2D eigenvalue weighted by atomic mass is 10.1. The Bertz CT molecular complexity index is 578. The van der Waals surface area contributed by atoms with Gasteiger partial charge < -0.3 is 14.8 Å². The quantitative estimate of drug-likeness (QED) is 0.658. The van der Waals surface area contributed by atoms with Crippen molar-refractivity contribution in [1.82, 2.24) is 5.32 Å². The highest BCUT2D eigenvalue weighted by molar-refractivity contribution is 6.30. The molecule has 0 bridgehead atoms. The number of esters is 1. The summed E-state index contributed by atoms with van der Waals surface area (Å²) in [5.74, 6) is -0.493. The first-order chi connectivity index (χ1) is 10.7. The summed E-state index contributed by atoms with van der Waals surface area (Å²) in [7, 11) is 1.29. The van der Waals surface area contributed by atoms with Gasteiger partial charge in [0.25, 0.3) is 0 Å². The standard InChI is InChI=1S/C17H22ClNO4/c1-17(2,3)23-16(21)19-14(8-9-15(20)22-4)11-12-6-5-7-13(18)10-12/h5-10,14H,11H2,1-4H3,(H,19,21). The normalized spacial score (nSPS) is 12.7. The largest absolute Gasteiger partial charge is 0.466 e. The van der Waals surface area contributed by atoms with E-state index in [0.29, 0.717) is 11.4 Å². The van der Waals surface area contributed by atoms with Crippen LogP contribution in [0.4, 0.5) is 4.79 Å². The Morgan fingerprint density at radius 3 is 2.61 bits per heavy atom. The molecule has 0 fully saturated rings. The maximum Gasteiger partial charge on any atom is 0.408 e. The molecule has 1 unspecified atom stereocenters. The summed E-state index contributed by atoms with van der Waals surface area (Å²) in [6, 6.07) is 6.86. The average molecular weight is 340 g/mol. The molecule has 0 radical (unpaired) electrons. The summed E-state index contributed by atoms with van der Waals surface area (Å²) in [5, 5.41) is 3.33. The maximum atomic E-state index is 11.9. The Morgan fingerprint density at radius 2 is 2.04 bits per heavy atom. The molecule has 6 heteroatoms. The number of carbonyl (C=O) groups is 2. The van der Waals surface area contributed by atoms with Crippen LogP contribution < -0.4 is 5.32 Å². The highest BCUT2D eigenvalue weighted by Gasteiger charge is 2.19. The van der Waals surface area contributed by atoms with Gasteiger partial charge >= 0.3 is 12.1 Å². The lowest BCUT2D eigenvalue weighted by molar-refractivity contribution is -0.134. The van der Waals surface area contributed by atoms with Crippen molar-refractivity contribution >= 4 is 23.7 Å². The molecule has 1 atom stereocenters. The number of benzene rings is 1. The van der Waals surface area contributed by atoms with E-state index in [9.17, 15) is 9.59 Å². The Hall–Kier alpha value is -2.01. The molecule has 1 aromatic rings. The summed E-state index contributed by atoms with van der Waals surface area (Å²) in [6.45, 7) is 5.34. The van der Waals surface area contributed by atoms with Crippen molar-refractivity contribution < 1.29 is 19.1 Å². The van der Waals surface area contributed by atoms with Gasteiger partial charge in [-0.2, -0.15) is 0 Å². The van der Waals surface area contributed by atoms with Gasteiger partial charge in [-0.15, -0.1) is 0 Å². The Kier molecular flexibility index (Phi) is 7.10.